The molecule has 0 bridgehead atoms. The first kappa shape index (κ1) is 40.9. The van der Waals surface area contributed by atoms with Crippen LogP contribution in [0.1, 0.15) is 76.3 Å². The van der Waals surface area contributed by atoms with Gasteiger partial charge in [-0.15, -0.1) is 0 Å². The van der Waals surface area contributed by atoms with Crippen LogP contribution in [0.3, 0.4) is 0 Å². The van der Waals surface area contributed by atoms with Crippen molar-refractivity contribution in [3.8, 4) is 12.1 Å². The van der Waals surface area contributed by atoms with Crippen molar-refractivity contribution >= 4 is 41.1 Å². The molecule has 2 aromatic carbocycles. The predicted octanol–water partition coefficient (Wildman–Crippen LogP) is 6.32. The molecule has 2 saturated carbocycles. The fourth-order valence-corrected chi connectivity index (χ4v) is 9.04. The van der Waals surface area contributed by atoms with Crippen molar-refractivity contribution in [2.75, 3.05) is 62.2 Å². The van der Waals surface area contributed by atoms with Gasteiger partial charge in [0.05, 0.1) is 35.5 Å². The minimum atomic E-state index is -3.31. The summed E-state index contributed by atoms with van der Waals surface area (Å²) in [5, 5.41) is 19.6. The highest BCUT2D eigenvalue weighted by Gasteiger charge is 2.70. The Morgan fingerprint density at radius 1 is 0.745 bits per heavy atom. The summed E-state index contributed by atoms with van der Waals surface area (Å²) in [6.45, 7) is 10.9. The van der Waals surface area contributed by atoms with E-state index in [4.69, 9.17) is 5.73 Å². The van der Waals surface area contributed by atoms with Gasteiger partial charge < -0.3 is 15.5 Å². The summed E-state index contributed by atoms with van der Waals surface area (Å²) < 4.78 is 44.2. The van der Waals surface area contributed by atoms with Gasteiger partial charge in [-0.1, -0.05) is 76.6 Å². The second-order valence-electron chi connectivity index (χ2n) is 14.8. The standard InChI is InChI=1S/C19H27N3O2S.C18H25N3.CH3ClO2S/c1-3-4-5-6-10-22-12-17-18(13-22)19(17,14-20)15-8-7-9-16(11-15)21-25(2,23)24;1-2-3-4-5-9-21-11-16-17(12-21)18(16,13-19)14-7-6-8-15(20)10-14;1-5(2,3)4/h7-9,11,17-18,21H,3-6,10,12-13H2,1-2H3;6-8,10,16-17H,2-5,9,11-12,20H2,1H3;1H3. The molecule has 2 aromatic rings. The van der Waals surface area contributed by atoms with Crippen LogP contribution in [0.25, 0.3) is 0 Å². The van der Waals surface area contributed by atoms with E-state index in [1.807, 2.05) is 36.4 Å². The molecule has 10 nitrogen and oxygen atoms in total. The minimum Gasteiger partial charge on any atom is -0.399 e. The maximum absolute atomic E-state index is 11.4. The summed E-state index contributed by atoms with van der Waals surface area (Å²) in [6.07, 6.45) is 12.4. The highest BCUT2D eigenvalue weighted by molar-refractivity contribution is 8.13. The van der Waals surface area contributed by atoms with Crippen LogP contribution in [-0.2, 0) is 29.9 Å². The lowest BCUT2D eigenvalue weighted by Crippen LogP contribution is -2.30. The number of piperidine rings is 2. The third-order valence-corrected chi connectivity index (χ3v) is 11.6. The quantitative estimate of drug-likeness (QED) is 0.128. The number of fused-ring (bicyclic) bond motifs is 2. The second kappa shape index (κ2) is 17.3. The number of hydrogen-bond acceptors (Lipinski definition) is 9. The first-order valence-corrected chi connectivity index (χ1v) is 22.8. The number of hydrogen-bond donors (Lipinski definition) is 2. The van der Waals surface area contributed by atoms with Crippen molar-refractivity contribution in [3.05, 3.63) is 59.7 Å². The van der Waals surface area contributed by atoms with E-state index in [9.17, 15) is 27.4 Å². The maximum atomic E-state index is 11.4. The Bertz CT molecular complexity index is 1760. The molecule has 2 saturated heterocycles. The van der Waals surface area contributed by atoms with E-state index in [1.165, 1.54) is 57.9 Å². The fourth-order valence-electron chi connectivity index (χ4n) is 8.48. The summed E-state index contributed by atoms with van der Waals surface area (Å²) in [5.74, 6) is 1.76. The molecular formula is C38H55ClN6O4S2. The molecule has 4 atom stereocenters. The lowest BCUT2D eigenvalue weighted by Gasteiger charge is -2.23. The molecule has 4 aliphatic rings. The number of likely N-dealkylation sites (tertiary alicyclic amines) is 2. The van der Waals surface area contributed by atoms with Crippen LogP contribution in [0.2, 0.25) is 0 Å². The van der Waals surface area contributed by atoms with Gasteiger partial charge in [0.25, 0.3) is 0 Å². The molecule has 4 unspecified atom stereocenters. The average Bonchev–Trinajstić information content (AvgIpc) is 3.64. The van der Waals surface area contributed by atoms with Gasteiger partial charge in [-0.05, 0) is 61.3 Å². The molecule has 2 aliphatic carbocycles. The molecule has 2 aliphatic heterocycles. The number of nitrogens with two attached hydrogens (primary N) is 1. The Morgan fingerprint density at radius 2 is 1.16 bits per heavy atom. The van der Waals surface area contributed by atoms with Gasteiger partial charge in [-0.3, -0.25) is 4.72 Å². The molecule has 3 N–H and O–H groups in total. The van der Waals surface area contributed by atoms with E-state index in [2.05, 4.69) is 57.3 Å². The third kappa shape index (κ3) is 10.4. The molecule has 280 valence electrons. The van der Waals surface area contributed by atoms with Gasteiger partial charge in [0.15, 0.2) is 0 Å². The van der Waals surface area contributed by atoms with Gasteiger partial charge in [0.1, 0.15) is 0 Å². The SMILES string of the molecule is CCCCCCN1CC2C(C1)C2(C#N)c1cccc(N)c1.CCCCCCN1CC2C(C1)C2(C#N)c1cccc(NS(C)(=O)=O)c1.CS(=O)(=O)Cl. The lowest BCUT2D eigenvalue weighted by atomic mass is 9.91. The number of anilines is 2. The number of nitrogens with one attached hydrogen (secondary N) is 1. The molecule has 0 radical (unpaired) electrons. The summed E-state index contributed by atoms with van der Waals surface area (Å²) >= 11 is 0. The van der Waals surface area contributed by atoms with Crippen LogP contribution < -0.4 is 10.5 Å². The smallest absolute Gasteiger partial charge is 0.229 e. The Labute approximate surface area is 310 Å². The van der Waals surface area contributed by atoms with Gasteiger partial charge in [-0.2, -0.15) is 10.5 Å². The summed E-state index contributed by atoms with van der Waals surface area (Å²) in [6, 6.07) is 20.4. The van der Waals surface area contributed by atoms with Crippen LogP contribution in [0, 0.1) is 46.3 Å². The Kier molecular flexibility index (Phi) is 13.9. The molecule has 6 rings (SSSR count). The largest absolute Gasteiger partial charge is 0.399 e. The fraction of sp³-hybridized carbons (Fsp3) is 0.632. The van der Waals surface area contributed by atoms with Crippen molar-refractivity contribution in [2.45, 2.75) is 76.0 Å². The summed E-state index contributed by atoms with van der Waals surface area (Å²) in [4.78, 5) is 5.03. The third-order valence-electron chi connectivity index (χ3n) is 10.9. The number of nitriles is 2. The first-order valence-electron chi connectivity index (χ1n) is 18.2. The summed E-state index contributed by atoms with van der Waals surface area (Å²) in [7, 11) is -2.00. The van der Waals surface area contributed by atoms with E-state index in [1.54, 1.807) is 6.07 Å². The lowest BCUT2D eigenvalue weighted by molar-refractivity contribution is 0.279. The van der Waals surface area contributed by atoms with Crippen molar-refractivity contribution in [2.24, 2.45) is 23.7 Å². The number of nitrogens with zero attached hydrogens (tertiary/aromatic N) is 4. The van der Waals surface area contributed by atoms with Gasteiger partial charge in [-0.25, -0.2) is 16.8 Å². The normalized spacial score (nSPS) is 27.7. The van der Waals surface area contributed by atoms with E-state index in [0.717, 1.165) is 62.0 Å². The number of sulfonamides is 1. The first-order chi connectivity index (χ1) is 24.1. The molecule has 2 heterocycles. The molecule has 4 fully saturated rings. The number of nitrogen functional groups attached to an aromatic ring is 1. The van der Waals surface area contributed by atoms with E-state index in [0.29, 0.717) is 29.4 Å². The van der Waals surface area contributed by atoms with Crippen molar-refractivity contribution in [3.63, 3.8) is 0 Å². The minimum absolute atomic E-state index is 0.255. The van der Waals surface area contributed by atoms with Crippen LogP contribution in [-0.4, -0.2) is 78.4 Å². The summed E-state index contributed by atoms with van der Waals surface area (Å²) in [5.41, 5.74) is 8.58. The highest BCUT2D eigenvalue weighted by atomic mass is 35.7. The van der Waals surface area contributed by atoms with Crippen molar-refractivity contribution < 1.29 is 16.8 Å². The number of unbranched alkanes of at least 4 members (excludes halogenated alkanes) is 6. The van der Waals surface area contributed by atoms with Crippen LogP contribution >= 0.6 is 10.7 Å². The van der Waals surface area contributed by atoms with E-state index >= 15 is 0 Å². The van der Waals surface area contributed by atoms with Gasteiger partial charge in [0.2, 0.25) is 19.1 Å². The van der Waals surface area contributed by atoms with Crippen molar-refractivity contribution in [1.82, 2.24) is 9.80 Å². The molecule has 51 heavy (non-hydrogen) atoms. The zero-order valence-electron chi connectivity index (χ0n) is 30.5. The number of halogens is 1. The average molecular weight is 759 g/mol. The second-order valence-corrected chi connectivity index (χ2v) is 19.6. The van der Waals surface area contributed by atoms with E-state index in [-0.39, 0.29) is 5.41 Å². The predicted molar refractivity (Wildman–Crippen MR) is 206 cm³/mol. The highest BCUT2D eigenvalue weighted by Crippen LogP contribution is 2.64. The van der Waals surface area contributed by atoms with Gasteiger partial charge in [0, 0.05) is 71.9 Å². The molecule has 0 spiro atoms. The van der Waals surface area contributed by atoms with Gasteiger partial charge >= 0.3 is 0 Å². The van der Waals surface area contributed by atoms with Crippen molar-refractivity contribution in [1.29, 1.82) is 10.5 Å². The van der Waals surface area contributed by atoms with E-state index < -0.39 is 24.5 Å². The molecule has 0 aromatic heterocycles. The van der Waals surface area contributed by atoms with Crippen LogP contribution in [0.4, 0.5) is 11.4 Å². The zero-order chi connectivity index (χ0) is 37.5. The maximum Gasteiger partial charge on any atom is 0.229 e. The zero-order valence-corrected chi connectivity index (χ0v) is 32.9. The topological polar surface area (TPSA) is 160 Å². The Morgan fingerprint density at radius 3 is 1.53 bits per heavy atom. The monoisotopic (exact) mass is 758 g/mol. The molecule has 0 amide bonds. The van der Waals surface area contributed by atoms with Crippen LogP contribution in [0.15, 0.2) is 48.5 Å². The number of benzene rings is 2. The number of rotatable bonds is 14. The molecule has 13 heteroatoms. The molecular weight excluding hydrogens is 704 g/mol. The van der Waals surface area contributed by atoms with Crippen LogP contribution in [0.5, 0.6) is 0 Å². The Balaban J connectivity index is 0.000000204. The Hall–Kier alpha value is -2.87.